The number of carbonyl (C=O) groups excluding carboxylic acids is 1. The van der Waals surface area contributed by atoms with Gasteiger partial charge in [-0.1, -0.05) is 24.3 Å². The highest BCUT2D eigenvalue weighted by Gasteiger charge is 2.28. The highest BCUT2D eigenvalue weighted by molar-refractivity contribution is 7.89. The number of nitrogens with zero attached hydrogens (tertiary/aromatic N) is 3. The average molecular weight is 514 g/mol. The fourth-order valence-corrected chi connectivity index (χ4v) is 7.08. The zero-order chi connectivity index (χ0) is 24.6. The van der Waals surface area contributed by atoms with Crippen LogP contribution in [0.4, 0.5) is 0 Å². The van der Waals surface area contributed by atoms with Gasteiger partial charge in [-0.05, 0) is 43.0 Å². The van der Waals surface area contributed by atoms with Crippen molar-refractivity contribution in [2.24, 2.45) is 10.9 Å². The fourth-order valence-electron chi connectivity index (χ4n) is 4.43. The van der Waals surface area contributed by atoms with Crippen molar-refractivity contribution in [1.29, 1.82) is 0 Å². The molecule has 1 atom stereocenters. The highest BCUT2D eigenvalue weighted by Crippen LogP contribution is 2.35. The topological polar surface area (TPSA) is 90.2 Å². The predicted molar refractivity (Wildman–Crippen MR) is 134 cm³/mol. The molecule has 2 aromatic carbocycles. The quantitative estimate of drug-likeness (QED) is 0.484. The van der Waals surface area contributed by atoms with E-state index in [0.29, 0.717) is 60.6 Å². The maximum absolute atomic E-state index is 13.0. The lowest BCUT2D eigenvalue weighted by molar-refractivity contribution is 0.0997. The summed E-state index contributed by atoms with van der Waals surface area (Å²) in [5.41, 5.74) is 1.20. The minimum atomic E-state index is -3.58. The van der Waals surface area contributed by atoms with Crippen LogP contribution in [0, 0.1) is 5.92 Å². The van der Waals surface area contributed by atoms with Gasteiger partial charge < -0.3 is 14.0 Å². The number of piperidine rings is 1. The van der Waals surface area contributed by atoms with Crippen LogP contribution in [0.3, 0.4) is 0 Å². The number of allylic oxidation sites excluding steroid dienone is 1. The first-order valence-electron chi connectivity index (χ1n) is 11.6. The van der Waals surface area contributed by atoms with Gasteiger partial charge in [0.15, 0.2) is 16.3 Å². The Hall–Kier alpha value is -2.95. The summed E-state index contributed by atoms with van der Waals surface area (Å²) in [4.78, 5) is 18.1. The van der Waals surface area contributed by atoms with Crippen LogP contribution in [0.2, 0.25) is 0 Å². The van der Waals surface area contributed by atoms with Crippen molar-refractivity contribution in [1.82, 2.24) is 8.87 Å². The fraction of sp³-hybridized carbons (Fsp3) is 0.360. The average Bonchev–Trinajstić information content (AvgIpc) is 3.18. The molecule has 3 heterocycles. The van der Waals surface area contributed by atoms with E-state index in [4.69, 9.17) is 9.47 Å². The van der Waals surface area contributed by atoms with Crippen molar-refractivity contribution < 1.29 is 22.7 Å². The summed E-state index contributed by atoms with van der Waals surface area (Å²) in [7, 11) is -3.58. The van der Waals surface area contributed by atoms with E-state index in [1.54, 1.807) is 6.08 Å². The Morgan fingerprint density at radius 3 is 2.60 bits per heavy atom. The monoisotopic (exact) mass is 513 g/mol. The number of hydrogen-bond acceptors (Lipinski definition) is 6. The first kappa shape index (κ1) is 23.8. The second-order valence-corrected chi connectivity index (χ2v) is 11.7. The molecule has 1 saturated heterocycles. The molecule has 35 heavy (non-hydrogen) atoms. The summed E-state index contributed by atoms with van der Waals surface area (Å²) < 4.78 is 41.8. The first-order valence-corrected chi connectivity index (χ1v) is 13.9. The molecular formula is C25H27N3O5S2. The molecule has 0 bridgehead atoms. The van der Waals surface area contributed by atoms with Crippen LogP contribution < -0.4 is 14.3 Å². The largest absolute Gasteiger partial charge is 0.486 e. The van der Waals surface area contributed by atoms with Crippen LogP contribution in [0.1, 0.15) is 30.1 Å². The van der Waals surface area contributed by atoms with Gasteiger partial charge in [0.2, 0.25) is 10.0 Å². The number of thiazole rings is 1. The van der Waals surface area contributed by atoms with Gasteiger partial charge in [0, 0.05) is 37.3 Å². The molecule has 1 amide bonds. The zero-order valence-electron chi connectivity index (χ0n) is 19.5. The van der Waals surface area contributed by atoms with Crippen molar-refractivity contribution in [3.05, 3.63) is 59.4 Å². The molecule has 8 nitrogen and oxygen atoms in total. The summed E-state index contributed by atoms with van der Waals surface area (Å²) in [6, 6.07) is 9.83. The predicted octanol–water partition coefficient (Wildman–Crippen LogP) is 3.82. The minimum Gasteiger partial charge on any atom is -0.486 e. The molecule has 184 valence electrons. The van der Waals surface area contributed by atoms with Gasteiger partial charge in [-0.25, -0.2) is 8.42 Å². The van der Waals surface area contributed by atoms with E-state index in [2.05, 4.69) is 18.5 Å². The van der Waals surface area contributed by atoms with Gasteiger partial charge in [-0.2, -0.15) is 9.30 Å². The molecule has 0 spiro atoms. The molecule has 3 aromatic rings. The molecule has 0 radical (unpaired) electrons. The van der Waals surface area contributed by atoms with E-state index < -0.39 is 15.9 Å². The zero-order valence-corrected chi connectivity index (χ0v) is 21.1. The van der Waals surface area contributed by atoms with Crippen LogP contribution in [0.15, 0.2) is 58.9 Å². The number of aromatic nitrogens is 1. The second kappa shape index (κ2) is 9.60. The first-order chi connectivity index (χ1) is 16.9. The van der Waals surface area contributed by atoms with Crippen LogP contribution >= 0.6 is 11.3 Å². The Balaban J connectivity index is 1.46. The molecule has 0 N–H and O–H groups in total. The van der Waals surface area contributed by atoms with Crippen molar-refractivity contribution in [2.75, 3.05) is 26.3 Å². The van der Waals surface area contributed by atoms with Gasteiger partial charge >= 0.3 is 0 Å². The second-order valence-electron chi connectivity index (χ2n) is 8.80. The molecule has 1 aromatic heterocycles. The molecule has 5 rings (SSSR count). The molecule has 1 unspecified atom stereocenters. The SMILES string of the molecule is C=CCn1c(=NC(=O)c2ccc(S(=O)(=O)N3CCCC(C)C3)cc2)sc2cc3c(cc21)OCCO3. The van der Waals surface area contributed by atoms with Gasteiger partial charge in [0.05, 0.1) is 15.1 Å². The normalized spacial score (nSPS) is 19.1. The lowest BCUT2D eigenvalue weighted by Crippen LogP contribution is -2.39. The van der Waals surface area contributed by atoms with E-state index in [1.165, 1.54) is 39.9 Å². The number of fused-ring (bicyclic) bond motifs is 2. The van der Waals surface area contributed by atoms with Gasteiger partial charge in [0.25, 0.3) is 5.91 Å². The molecule has 10 heteroatoms. The van der Waals surface area contributed by atoms with Crippen LogP contribution in [-0.2, 0) is 16.6 Å². The van der Waals surface area contributed by atoms with Gasteiger partial charge in [-0.3, -0.25) is 4.79 Å². The minimum absolute atomic E-state index is 0.192. The molecule has 2 aliphatic rings. The third-order valence-corrected chi connectivity index (χ3v) is 9.13. The number of carbonyl (C=O) groups is 1. The van der Waals surface area contributed by atoms with E-state index in [1.807, 2.05) is 16.7 Å². The summed E-state index contributed by atoms with van der Waals surface area (Å²) in [5, 5.41) is 0. The molecule has 0 aliphatic carbocycles. The summed E-state index contributed by atoms with van der Waals surface area (Å²) >= 11 is 1.38. The maximum atomic E-state index is 13.0. The van der Waals surface area contributed by atoms with Crippen molar-refractivity contribution in [3.8, 4) is 11.5 Å². The van der Waals surface area contributed by atoms with E-state index in [9.17, 15) is 13.2 Å². The number of amides is 1. The number of hydrogen-bond donors (Lipinski definition) is 0. The molecular weight excluding hydrogens is 486 g/mol. The molecule has 1 fully saturated rings. The number of ether oxygens (including phenoxy) is 2. The van der Waals surface area contributed by atoms with E-state index in [-0.39, 0.29) is 4.90 Å². The van der Waals surface area contributed by atoms with Gasteiger partial charge in [0.1, 0.15) is 13.2 Å². The number of rotatable bonds is 5. The Labute approximate surface area is 208 Å². The van der Waals surface area contributed by atoms with Crippen molar-refractivity contribution >= 4 is 37.5 Å². The number of benzene rings is 2. The summed E-state index contributed by atoms with van der Waals surface area (Å²) in [6.45, 7) is 8.39. The smallest absolute Gasteiger partial charge is 0.279 e. The summed E-state index contributed by atoms with van der Waals surface area (Å²) in [6.07, 6.45) is 3.64. The van der Waals surface area contributed by atoms with E-state index >= 15 is 0 Å². The molecule has 2 aliphatic heterocycles. The van der Waals surface area contributed by atoms with Crippen LogP contribution in [0.5, 0.6) is 11.5 Å². The Morgan fingerprint density at radius 2 is 1.91 bits per heavy atom. The standard InChI is InChI=1S/C25H27N3O5S2/c1-3-10-28-20-14-21-22(33-13-12-32-21)15-23(20)34-25(28)26-24(29)18-6-8-19(9-7-18)35(30,31)27-11-4-5-17(2)16-27/h3,6-9,14-15,17H,1,4-5,10-13,16H2,2H3. The van der Waals surface area contributed by atoms with Crippen molar-refractivity contribution in [2.45, 2.75) is 31.2 Å². The van der Waals surface area contributed by atoms with Crippen LogP contribution in [0.25, 0.3) is 10.2 Å². The summed E-state index contributed by atoms with van der Waals surface area (Å²) in [5.74, 6) is 1.23. The Morgan fingerprint density at radius 1 is 1.20 bits per heavy atom. The third kappa shape index (κ3) is 4.65. The molecule has 0 saturated carbocycles. The van der Waals surface area contributed by atoms with Gasteiger partial charge in [-0.15, -0.1) is 6.58 Å². The number of sulfonamides is 1. The Bertz CT molecular complexity index is 1450. The van der Waals surface area contributed by atoms with E-state index in [0.717, 1.165) is 23.1 Å². The lowest BCUT2D eigenvalue weighted by Gasteiger charge is -2.30. The van der Waals surface area contributed by atoms with Crippen LogP contribution in [-0.4, -0.2) is 49.5 Å². The lowest BCUT2D eigenvalue weighted by atomic mass is 10.0. The third-order valence-electron chi connectivity index (χ3n) is 6.21. The Kier molecular flexibility index (Phi) is 6.52. The van der Waals surface area contributed by atoms with Crippen molar-refractivity contribution in [3.63, 3.8) is 0 Å². The highest BCUT2D eigenvalue weighted by atomic mass is 32.2. The maximum Gasteiger partial charge on any atom is 0.279 e.